The molecule has 2 aromatic carbocycles. The van der Waals surface area contributed by atoms with Gasteiger partial charge in [0.2, 0.25) is 0 Å². The number of ether oxygens (including phenoxy) is 3. The van der Waals surface area contributed by atoms with Crippen molar-refractivity contribution in [3.8, 4) is 11.6 Å². The molecule has 0 aliphatic heterocycles. The van der Waals surface area contributed by atoms with Crippen molar-refractivity contribution in [2.75, 3.05) is 28.3 Å². The van der Waals surface area contributed by atoms with E-state index in [0.29, 0.717) is 5.56 Å². The van der Waals surface area contributed by atoms with E-state index in [9.17, 15) is 24.6 Å². The maximum Gasteiger partial charge on any atom is 0.347 e. The normalized spacial score (nSPS) is 19.6. The molecule has 1 aromatic heterocycles. The Balaban J connectivity index is 1.74. The van der Waals surface area contributed by atoms with Gasteiger partial charge >= 0.3 is 11.9 Å². The largest absolute Gasteiger partial charge is 0.507 e. The highest BCUT2D eigenvalue weighted by atomic mass is 16.6. The molecule has 0 bridgehead atoms. The molecule has 1 aliphatic carbocycles. The zero-order chi connectivity index (χ0) is 30.6. The van der Waals surface area contributed by atoms with Gasteiger partial charge in [-0.15, -0.1) is 0 Å². The molecule has 42 heavy (non-hydrogen) atoms. The van der Waals surface area contributed by atoms with E-state index >= 15 is 0 Å². The number of carbonyl (C=O) groups excluding carboxylic acids is 3. The molecule has 0 spiro atoms. The van der Waals surface area contributed by atoms with Gasteiger partial charge in [-0.05, 0) is 61.6 Å². The van der Waals surface area contributed by atoms with E-state index in [-0.39, 0.29) is 60.2 Å². The molecule has 0 saturated heterocycles. The van der Waals surface area contributed by atoms with Crippen LogP contribution < -0.4 is 4.74 Å². The van der Waals surface area contributed by atoms with Crippen molar-refractivity contribution in [3.05, 3.63) is 76.5 Å². The summed E-state index contributed by atoms with van der Waals surface area (Å²) in [7, 11) is 6.00. The van der Waals surface area contributed by atoms with Crippen LogP contribution in [0, 0.1) is 11.8 Å². The molecule has 3 aromatic rings. The Hall–Kier alpha value is -4.22. The molecule has 2 N–H and O–H groups in total. The van der Waals surface area contributed by atoms with Gasteiger partial charge in [-0.1, -0.05) is 42.5 Å². The van der Waals surface area contributed by atoms with Gasteiger partial charge in [-0.3, -0.25) is 14.5 Å². The van der Waals surface area contributed by atoms with Crippen LogP contribution in [0.15, 0.2) is 53.1 Å². The first-order chi connectivity index (χ1) is 20.0. The second-order valence-electron chi connectivity index (χ2n) is 10.8. The predicted octanol–water partition coefficient (Wildman–Crippen LogP) is 4.03. The number of ketones is 1. The number of phenols is 1. The number of Topliss-reactive ketones (excluding diaryl/α,β-unsaturated/α-hetero) is 1. The van der Waals surface area contributed by atoms with Crippen LogP contribution in [0.4, 0.5) is 0 Å². The van der Waals surface area contributed by atoms with Crippen LogP contribution in [0.1, 0.15) is 69.8 Å². The third-order valence-corrected chi connectivity index (χ3v) is 7.90. The lowest BCUT2D eigenvalue weighted by Crippen LogP contribution is -2.42. The first kappa shape index (κ1) is 30.7. The van der Waals surface area contributed by atoms with Crippen LogP contribution in [-0.4, -0.2) is 66.3 Å². The third kappa shape index (κ3) is 6.17. The highest BCUT2D eigenvalue weighted by molar-refractivity contribution is 6.01. The first-order valence-electron chi connectivity index (χ1n) is 13.5. The van der Waals surface area contributed by atoms with Crippen molar-refractivity contribution >= 4 is 17.7 Å². The van der Waals surface area contributed by atoms with E-state index in [1.54, 1.807) is 38.1 Å². The summed E-state index contributed by atoms with van der Waals surface area (Å²) >= 11 is 0. The number of aliphatic hydroxyl groups is 1. The maximum absolute atomic E-state index is 13.1. The molecule has 1 unspecified atom stereocenters. The minimum Gasteiger partial charge on any atom is -0.507 e. The molecule has 224 valence electrons. The molecule has 11 nitrogen and oxygen atoms in total. The van der Waals surface area contributed by atoms with Crippen LogP contribution in [0.5, 0.6) is 11.6 Å². The Morgan fingerprint density at radius 2 is 1.83 bits per heavy atom. The van der Waals surface area contributed by atoms with Crippen molar-refractivity contribution < 1.29 is 43.3 Å². The Morgan fingerprint density at radius 1 is 1.12 bits per heavy atom. The van der Waals surface area contributed by atoms with Crippen LogP contribution in [0.25, 0.3) is 0 Å². The van der Waals surface area contributed by atoms with Gasteiger partial charge in [0.05, 0.1) is 37.8 Å². The van der Waals surface area contributed by atoms with Gasteiger partial charge in [0, 0.05) is 6.42 Å². The van der Waals surface area contributed by atoms with E-state index in [4.69, 9.17) is 18.7 Å². The van der Waals surface area contributed by atoms with Crippen molar-refractivity contribution in [2.45, 2.75) is 44.4 Å². The molecule has 0 radical (unpaired) electrons. The van der Waals surface area contributed by atoms with Crippen molar-refractivity contribution in [1.82, 2.24) is 10.1 Å². The van der Waals surface area contributed by atoms with E-state index in [2.05, 4.69) is 5.16 Å². The van der Waals surface area contributed by atoms with Crippen molar-refractivity contribution in [3.63, 3.8) is 0 Å². The quantitative estimate of drug-likeness (QED) is 0.317. The van der Waals surface area contributed by atoms with Crippen LogP contribution >= 0.6 is 0 Å². The van der Waals surface area contributed by atoms with Gasteiger partial charge < -0.3 is 28.9 Å². The summed E-state index contributed by atoms with van der Waals surface area (Å²) in [6.07, 6.45) is -0.0249. The molecule has 4 atom stereocenters. The standard InChI is InChI=1S/C31H36N2O9/c1-31(38)20(16-23(35)25-21(31)12-9-13-22(25)34)14-19(15-24(36)39-4)27(33(2)3)28-26(30(37)40-5)29(32-42-28)41-17-18-10-7-6-8-11-18/h6-13,19-20,27,34,38H,14-17H2,1-5H3/t19-,20+,27?,31+/m1/s1. The molecule has 0 amide bonds. The molecule has 4 rings (SSSR count). The summed E-state index contributed by atoms with van der Waals surface area (Å²) in [5, 5.41) is 26.1. The Morgan fingerprint density at radius 3 is 2.48 bits per heavy atom. The average Bonchev–Trinajstić information content (AvgIpc) is 3.37. The van der Waals surface area contributed by atoms with Crippen LogP contribution in [0.3, 0.4) is 0 Å². The minimum absolute atomic E-state index is 0.0243. The van der Waals surface area contributed by atoms with Gasteiger partial charge in [-0.2, -0.15) is 0 Å². The molecule has 11 heteroatoms. The highest BCUT2D eigenvalue weighted by Crippen LogP contribution is 2.48. The fraction of sp³-hybridized carbons (Fsp3) is 0.419. The number of benzene rings is 2. The second kappa shape index (κ2) is 12.7. The molecular formula is C31H36N2O9. The van der Waals surface area contributed by atoms with E-state index in [1.165, 1.54) is 20.3 Å². The molecule has 1 heterocycles. The number of carbonyl (C=O) groups is 3. The molecule has 0 saturated carbocycles. The van der Waals surface area contributed by atoms with Gasteiger partial charge in [0.15, 0.2) is 17.1 Å². The number of hydrogen-bond donors (Lipinski definition) is 2. The van der Waals surface area contributed by atoms with E-state index < -0.39 is 35.4 Å². The number of aromatic hydroxyl groups is 1. The lowest BCUT2D eigenvalue weighted by atomic mass is 9.67. The maximum atomic E-state index is 13.1. The SMILES string of the molecule is COC(=O)C[C@@H](C[C@H]1CC(=O)c2c(O)cccc2[C@@]1(C)O)C(c1onc(OCc2ccccc2)c1C(=O)OC)N(C)C. The van der Waals surface area contributed by atoms with E-state index in [1.807, 2.05) is 30.3 Å². The summed E-state index contributed by atoms with van der Waals surface area (Å²) < 4.78 is 21.6. The average molecular weight is 581 g/mol. The number of nitrogens with zero attached hydrogens (tertiary/aromatic N) is 2. The molecule has 1 aliphatic rings. The Kier molecular flexibility index (Phi) is 9.33. The first-order valence-corrected chi connectivity index (χ1v) is 13.5. The second-order valence-corrected chi connectivity index (χ2v) is 10.8. The number of methoxy groups -OCH3 is 2. The summed E-state index contributed by atoms with van der Waals surface area (Å²) in [6.45, 7) is 1.71. The molecule has 0 fully saturated rings. The summed E-state index contributed by atoms with van der Waals surface area (Å²) in [4.78, 5) is 40.6. The fourth-order valence-corrected chi connectivity index (χ4v) is 5.77. The Labute approximate surface area is 244 Å². The van der Waals surface area contributed by atoms with Gasteiger partial charge in [0.1, 0.15) is 12.4 Å². The number of hydrogen-bond acceptors (Lipinski definition) is 11. The van der Waals surface area contributed by atoms with Gasteiger partial charge in [0.25, 0.3) is 5.88 Å². The van der Waals surface area contributed by atoms with Crippen molar-refractivity contribution in [2.24, 2.45) is 11.8 Å². The zero-order valence-corrected chi connectivity index (χ0v) is 24.3. The predicted molar refractivity (Wildman–Crippen MR) is 150 cm³/mol. The monoisotopic (exact) mass is 580 g/mol. The lowest BCUT2D eigenvalue weighted by molar-refractivity contribution is -0.143. The van der Waals surface area contributed by atoms with Gasteiger partial charge in [-0.25, -0.2) is 4.79 Å². The van der Waals surface area contributed by atoms with E-state index in [0.717, 1.165) is 5.56 Å². The number of phenolic OH excluding ortho intramolecular Hbond substituents is 1. The number of fused-ring (bicyclic) bond motifs is 1. The molecular weight excluding hydrogens is 544 g/mol. The minimum atomic E-state index is -1.51. The zero-order valence-electron chi connectivity index (χ0n) is 24.3. The lowest BCUT2D eigenvalue weighted by Gasteiger charge is -2.41. The summed E-state index contributed by atoms with van der Waals surface area (Å²) in [6, 6.07) is 13.2. The highest BCUT2D eigenvalue weighted by Gasteiger charge is 2.46. The fourth-order valence-electron chi connectivity index (χ4n) is 5.77. The topological polar surface area (TPSA) is 149 Å². The Bertz CT molecular complexity index is 1430. The van der Waals surface area contributed by atoms with Crippen LogP contribution in [0.2, 0.25) is 0 Å². The third-order valence-electron chi connectivity index (χ3n) is 7.90. The number of esters is 2. The number of rotatable bonds is 11. The number of aromatic nitrogens is 1. The smallest absolute Gasteiger partial charge is 0.347 e. The summed E-state index contributed by atoms with van der Waals surface area (Å²) in [5.74, 6) is -2.97. The van der Waals surface area contributed by atoms with Crippen molar-refractivity contribution in [1.29, 1.82) is 0 Å². The summed E-state index contributed by atoms with van der Waals surface area (Å²) in [5.41, 5.74) is -0.279. The van der Waals surface area contributed by atoms with Crippen LogP contribution in [-0.2, 0) is 26.5 Å².